The van der Waals surface area contributed by atoms with Crippen LogP contribution in [0.15, 0.2) is 24.3 Å². The van der Waals surface area contributed by atoms with Gasteiger partial charge in [-0.25, -0.2) is 4.79 Å². The Kier molecular flexibility index (Phi) is 4.71. The Bertz CT molecular complexity index is 426. The Hall–Kier alpha value is -2.04. The first-order valence-electron chi connectivity index (χ1n) is 5.74. The van der Waals surface area contributed by atoms with Gasteiger partial charge in [0.15, 0.2) is 6.10 Å². The van der Waals surface area contributed by atoms with E-state index in [1.165, 1.54) is 0 Å². The summed E-state index contributed by atoms with van der Waals surface area (Å²) in [5, 5.41) is 16.3. The molecule has 0 aliphatic rings. The van der Waals surface area contributed by atoms with E-state index >= 15 is 0 Å². The fourth-order valence-electron chi connectivity index (χ4n) is 1.50. The van der Waals surface area contributed by atoms with Gasteiger partial charge >= 0.3 is 5.97 Å². The second kappa shape index (κ2) is 6.05. The standard InChI is InChI=1S/C13H18N2O3/c1-8(2)7-11(13(16)17)18-10-5-3-9(4-6-10)12(14)15/h3-6,8,11H,7H2,1-2H3,(H3,14,15)(H,16,17)/t11-/m0/s1. The van der Waals surface area contributed by atoms with Crippen molar-refractivity contribution >= 4 is 11.8 Å². The monoisotopic (exact) mass is 250 g/mol. The van der Waals surface area contributed by atoms with Crippen LogP contribution >= 0.6 is 0 Å². The fourth-order valence-corrected chi connectivity index (χ4v) is 1.50. The second-order valence-electron chi connectivity index (χ2n) is 4.51. The zero-order valence-corrected chi connectivity index (χ0v) is 10.5. The number of hydrogen-bond donors (Lipinski definition) is 3. The molecule has 0 unspecified atom stereocenters. The molecule has 0 aliphatic heterocycles. The quantitative estimate of drug-likeness (QED) is 0.530. The molecule has 98 valence electrons. The molecule has 0 heterocycles. The Morgan fingerprint density at radius 1 is 1.39 bits per heavy atom. The van der Waals surface area contributed by atoms with Crippen LogP contribution in [0, 0.1) is 11.3 Å². The number of aliphatic carboxylic acids is 1. The molecule has 0 saturated heterocycles. The van der Waals surface area contributed by atoms with Crippen LogP contribution in [0.4, 0.5) is 0 Å². The Balaban J connectivity index is 2.75. The number of hydrogen-bond acceptors (Lipinski definition) is 3. The predicted octanol–water partition coefficient (Wildman–Crippen LogP) is 1.85. The molecule has 5 nitrogen and oxygen atoms in total. The fraction of sp³-hybridized carbons (Fsp3) is 0.385. The topological polar surface area (TPSA) is 96.4 Å². The van der Waals surface area contributed by atoms with E-state index in [0.29, 0.717) is 17.7 Å². The SMILES string of the molecule is CC(C)C[C@H](Oc1ccc(C(=N)N)cc1)C(=O)O. The molecule has 5 heteroatoms. The van der Waals surface area contributed by atoms with Gasteiger partial charge in [-0.1, -0.05) is 13.8 Å². The van der Waals surface area contributed by atoms with Gasteiger partial charge in [-0.3, -0.25) is 5.41 Å². The third-order valence-electron chi connectivity index (χ3n) is 2.40. The van der Waals surface area contributed by atoms with Crippen LogP contribution in [-0.2, 0) is 4.79 Å². The van der Waals surface area contributed by atoms with E-state index < -0.39 is 12.1 Å². The number of carbonyl (C=O) groups is 1. The maximum Gasteiger partial charge on any atom is 0.344 e. The molecule has 1 aromatic carbocycles. The van der Waals surface area contributed by atoms with Gasteiger partial charge in [0, 0.05) is 5.56 Å². The summed E-state index contributed by atoms with van der Waals surface area (Å²) in [6, 6.07) is 6.50. The number of carboxylic acid groups (broad SMARTS) is 1. The molecule has 0 saturated carbocycles. The van der Waals surface area contributed by atoms with E-state index in [2.05, 4.69) is 0 Å². The number of amidine groups is 1. The molecule has 1 atom stereocenters. The molecule has 0 spiro atoms. The number of nitrogens with one attached hydrogen (secondary N) is 1. The van der Waals surface area contributed by atoms with Gasteiger partial charge in [0.05, 0.1) is 0 Å². The van der Waals surface area contributed by atoms with Crippen molar-refractivity contribution in [1.29, 1.82) is 5.41 Å². The predicted molar refractivity (Wildman–Crippen MR) is 69.0 cm³/mol. The summed E-state index contributed by atoms with van der Waals surface area (Å²) in [6.45, 7) is 3.89. The van der Waals surface area contributed by atoms with Crippen LogP contribution in [0.5, 0.6) is 5.75 Å². The van der Waals surface area contributed by atoms with Crippen molar-refractivity contribution < 1.29 is 14.6 Å². The summed E-state index contributed by atoms with van der Waals surface area (Å²) >= 11 is 0. The normalized spacial score (nSPS) is 12.2. The average molecular weight is 250 g/mol. The van der Waals surface area contributed by atoms with Crippen LogP contribution < -0.4 is 10.5 Å². The molecule has 0 bridgehead atoms. The highest BCUT2D eigenvalue weighted by Gasteiger charge is 2.20. The van der Waals surface area contributed by atoms with Gasteiger partial charge in [0.25, 0.3) is 0 Å². The minimum atomic E-state index is -0.973. The van der Waals surface area contributed by atoms with Gasteiger partial charge in [0.1, 0.15) is 11.6 Å². The van der Waals surface area contributed by atoms with E-state index in [1.54, 1.807) is 24.3 Å². The van der Waals surface area contributed by atoms with Crippen LogP contribution in [0.3, 0.4) is 0 Å². The highest BCUT2D eigenvalue weighted by Crippen LogP contribution is 2.17. The van der Waals surface area contributed by atoms with Gasteiger partial charge < -0.3 is 15.6 Å². The van der Waals surface area contributed by atoms with Crippen molar-refractivity contribution in [3.8, 4) is 5.75 Å². The van der Waals surface area contributed by atoms with Crippen molar-refractivity contribution in [2.45, 2.75) is 26.4 Å². The third kappa shape index (κ3) is 4.08. The lowest BCUT2D eigenvalue weighted by molar-refractivity contribution is -0.145. The van der Waals surface area contributed by atoms with Gasteiger partial charge in [-0.05, 0) is 36.6 Å². The molecule has 0 aromatic heterocycles. The highest BCUT2D eigenvalue weighted by atomic mass is 16.5. The van der Waals surface area contributed by atoms with E-state index in [1.807, 2.05) is 13.8 Å². The largest absolute Gasteiger partial charge is 0.479 e. The van der Waals surface area contributed by atoms with E-state index in [0.717, 1.165) is 0 Å². The minimum Gasteiger partial charge on any atom is -0.479 e. The van der Waals surface area contributed by atoms with Crippen LogP contribution in [-0.4, -0.2) is 23.0 Å². The molecule has 1 aromatic rings. The summed E-state index contributed by atoms with van der Waals surface area (Å²) in [7, 11) is 0. The van der Waals surface area contributed by atoms with Crippen molar-refractivity contribution in [3.05, 3.63) is 29.8 Å². The third-order valence-corrected chi connectivity index (χ3v) is 2.40. The molecule has 4 N–H and O–H groups in total. The molecule has 18 heavy (non-hydrogen) atoms. The zero-order chi connectivity index (χ0) is 13.7. The summed E-state index contributed by atoms with van der Waals surface area (Å²) in [6.07, 6.45) is -0.405. The van der Waals surface area contributed by atoms with Gasteiger partial charge in [-0.2, -0.15) is 0 Å². The van der Waals surface area contributed by atoms with Crippen molar-refractivity contribution in [1.82, 2.24) is 0 Å². The van der Waals surface area contributed by atoms with Crippen LogP contribution in [0.2, 0.25) is 0 Å². The number of rotatable bonds is 6. The molecule has 1 rings (SSSR count). The maximum atomic E-state index is 11.0. The summed E-state index contributed by atoms with van der Waals surface area (Å²) < 4.78 is 5.41. The van der Waals surface area contributed by atoms with Gasteiger partial charge in [-0.15, -0.1) is 0 Å². The molecule has 0 fully saturated rings. The lowest BCUT2D eigenvalue weighted by atomic mass is 10.1. The molecule has 0 radical (unpaired) electrons. The first kappa shape index (κ1) is 14.0. The minimum absolute atomic E-state index is 0.0292. The second-order valence-corrected chi connectivity index (χ2v) is 4.51. The summed E-state index contributed by atoms with van der Waals surface area (Å²) in [4.78, 5) is 11.0. The molecule has 0 aliphatic carbocycles. The van der Waals surface area contributed by atoms with E-state index in [9.17, 15) is 4.79 Å². The summed E-state index contributed by atoms with van der Waals surface area (Å²) in [5.74, 6) is -0.298. The van der Waals surface area contributed by atoms with E-state index in [4.69, 9.17) is 21.0 Å². The summed E-state index contributed by atoms with van der Waals surface area (Å²) in [5.41, 5.74) is 5.91. The number of carboxylic acids is 1. The Morgan fingerprint density at radius 3 is 2.33 bits per heavy atom. The number of nitrogens with two attached hydrogens (primary N) is 1. The van der Waals surface area contributed by atoms with Crippen LogP contribution in [0.25, 0.3) is 0 Å². The molecule has 0 amide bonds. The zero-order valence-electron chi connectivity index (χ0n) is 10.5. The highest BCUT2D eigenvalue weighted by molar-refractivity contribution is 5.94. The molecular formula is C13H18N2O3. The first-order chi connectivity index (χ1) is 8.40. The number of ether oxygens (including phenoxy) is 1. The molecular weight excluding hydrogens is 232 g/mol. The lowest BCUT2D eigenvalue weighted by Crippen LogP contribution is -2.28. The maximum absolute atomic E-state index is 11.0. The Morgan fingerprint density at radius 2 is 1.94 bits per heavy atom. The first-order valence-corrected chi connectivity index (χ1v) is 5.74. The Labute approximate surface area is 106 Å². The van der Waals surface area contributed by atoms with E-state index in [-0.39, 0.29) is 11.8 Å². The average Bonchev–Trinajstić information content (AvgIpc) is 2.28. The lowest BCUT2D eigenvalue weighted by Gasteiger charge is -2.17. The van der Waals surface area contributed by atoms with Crippen molar-refractivity contribution in [2.75, 3.05) is 0 Å². The smallest absolute Gasteiger partial charge is 0.344 e. The van der Waals surface area contributed by atoms with Gasteiger partial charge in [0.2, 0.25) is 0 Å². The number of benzene rings is 1. The van der Waals surface area contributed by atoms with Crippen molar-refractivity contribution in [2.24, 2.45) is 11.7 Å². The van der Waals surface area contributed by atoms with Crippen molar-refractivity contribution in [3.63, 3.8) is 0 Å². The van der Waals surface area contributed by atoms with Crippen LogP contribution in [0.1, 0.15) is 25.8 Å². The number of nitrogen functional groups attached to an aromatic ring is 1.